The monoisotopic (exact) mass is 284 g/mol. The first-order valence-electron chi connectivity index (χ1n) is 6.87. The Bertz CT molecular complexity index is 630. The Morgan fingerprint density at radius 1 is 1.15 bits per heavy atom. The van der Waals surface area contributed by atoms with Crippen LogP contribution in [0.15, 0.2) is 36.4 Å². The number of hydrogen-bond acceptors (Lipinski definition) is 2. The van der Waals surface area contributed by atoms with Gasteiger partial charge in [0.2, 0.25) is 0 Å². The van der Waals surface area contributed by atoms with Gasteiger partial charge in [-0.15, -0.1) is 11.3 Å². The predicted octanol–water partition coefficient (Wildman–Crippen LogP) is 5.38. The van der Waals surface area contributed by atoms with E-state index >= 15 is 0 Å². The molecule has 0 aliphatic heterocycles. The second-order valence-electron chi connectivity index (χ2n) is 5.34. The molecule has 1 aromatic carbocycles. The summed E-state index contributed by atoms with van der Waals surface area (Å²) in [6.07, 6.45) is 3.58. The Morgan fingerprint density at radius 2 is 1.80 bits per heavy atom. The summed E-state index contributed by atoms with van der Waals surface area (Å²) >= 11 is 1.76. The fourth-order valence-electron chi connectivity index (χ4n) is 2.11. The third-order valence-electron chi connectivity index (χ3n) is 3.36. The molecule has 0 unspecified atom stereocenters. The van der Waals surface area contributed by atoms with E-state index in [4.69, 9.17) is 0 Å². The molecule has 1 nitrogen and oxygen atoms in total. The molecule has 2 aromatic rings. The van der Waals surface area contributed by atoms with Crippen molar-refractivity contribution in [2.75, 3.05) is 0 Å². The normalized spacial score (nSPS) is 11.4. The van der Waals surface area contributed by atoms with Gasteiger partial charge in [-0.3, -0.25) is 4.79 Å². The van der Waals surface area contributed by atoms with Gasteiger partial charge in [0.15, 0.2) is 5.78 Å². The van der Waals surface area contributed by atoms with E-state index in [1.165, 1.54) is 15.3 Å². The minimum atomic E-state index is 0.0589. The van der Waals surface area contributed by atoms with Gasteiger partial charge in [-0.25, -0.2) is 0 Å². The molecule has 0 saturated carbocycles. The number of aryl methyl sites for hydroxylation is 2. The molecule has 2 heteroatoms. The lowest BCUT2D eigenvalue weighted by Gasteiger charge is -2.05. The number of carbonyl (C=O) groups excluding carboxylic acids is 1. The van der Waals surface area contributed by atoms with Crippen LogP contribution in [-0.2, 0) is 0 Å². The van der Waals surface area contributed by atoms with E-state index in [0.717, 1.165) is 11.1 Å². The zero-order valence-electron chi connectivity index (χ0n) is 12.4. The van der Waals surface area contributed by atoms with Crippen LogP contribution >= 0.6 is 11.3 Å². The zero-order chi connectivity index (χ0) is 14.7. The molecule has 104 valence electrons. The largest absolute Gasteiger partial charge is 0.289 e. The molecule has 0 bridgehead atoms. The molecule has 0 radical (unpaired) electrons. The standard InChI is InChI=1S/C18H20OS/c1-12(2)15-5-7-16(8-6-15)18(19)10-9-17-11-13(3)20-14(17)4/h5-12H,1-4H3. The lowest BCUT2D eigenvalue weighted by molar-refractivity contribution is 0.104. The summed E-state index contributed by atoms with van der Waals surface area (Å²) in [5.74, 6) is 0.551. The van der Waals surface area contributed by atoms with Crippen molar-refractivity contribution in [2.24, 2.45) is 0 Å². The smallest absolute Gasteiger partial charge is 0.185 e. The van der Waals surface area contributed by atoms with Crippen molar-refractivity contribution in [1.29, 1.82) is 0 Å². The van der Waals surface area contributed by atoms with Crippen LogP contribution in [0.5, 0.6) is 0 Å². The molecule has 20 heavy (non-hydrogen) atoms. The van der Waals surface area contributed by atoms with Gasteiger partial charge in [-0.1, -0.05) is 38.1 Å². The summed E-state index contributed by atoms with van der Waals surface area (Å²) in [6, 6.07) is 10.0. The predicted molar refractivity (Wildman–Crippen MR) is 87.7 cm³/mol. The number of allylic oxidation sites excluding steroid dienone is 1. The first-order valence-corrected chi connectivity index (χ1v) is 7.68. The Kier molecular flexibility index (Phi) is 4.56. The topological polar surface area (TPSA) is 17.1 Å². The maximum atomic E-state index is 12.1. The molecular weight excluding hydrogens is 264 g/mol. The van der Waals surface area contributed by atoms with Crippen LogP contribution in [0.25, 0.3) is 6.08 Å². The van der Waals surface area contributed by atoms with Crippen molar-refractivity contribution in [3.63, 3.8) is 0 Å². The summed E-state index contributed by atoms with van der Waals surface area (Å²) in [6.45, 7) is 8.47. The van der Waals surface area contributed by atoms with Gasteiger partial charge in [-0.2, -0.15) is 0 Å². The second-order valence-corrected chi connectivity index (χ2v) is 6.80. The van der Waals surface area contributed by atoms with E-state index in [-0.39, 0.29) is 5.78 Å². The number of thiophene rings is 1. The number of ketones is 1. The van der Waals surface area contributed by atoms with Crippen LogP contribution < -0.4 is 0 Å². The third kappa shape index (κ3) is 3.45. The molecule has 0 spiro atoms. The van der Waals surface area contributed by atoms with Crippen LogP contribution in [0, 0.1) is 13.8 Å². The number of carbonyl (C=O) groups is 1. The van der Waals surface area contributed by atoms with Crippen molar-refractivity contribution in [3.05, 3.63) is 62.9 Å². The lowest BCUT2D eigenvalue weighted by Crippen LogP contribution is -1.95. The third-order valence-corrected chi connectivity index (χ3v) is 4.34. The van der Waals surface area contributed by atoms with E-state index in [1.54, 1.807) is 17.4 Å². The summed E-state index contributed by atoms with van der Waals surface area (Å²) in [5, 5.41) is 0. The van der Waals surface area contributed by atoms with Gasteiger partial charge in [-0.05, 0) is 49.1 Å². The van der Waals surface area contributed by atoms with Crippen LogP contribution in [0.4, 0.5) is 0 Å². The Hall–Kier alpha value is -1.67. The molecule has 0 saturated heterocycles. The second kappa shape index (κ2) is 6.19. The van der Waals surface area contributed by atoms with Gasteiger partial charge in [0, 0.05) is 15.3 Å². The van der Waals surface area contributed by atoms with Gasteiger partial charge < -0.3 is 0 Å². The van der Waals surface area contributed by atoms with E-state index in [0.29, 0.717) is 5.92 Å². The van der Waals surface area contributed by atoms with E-state index in [2.05, 4.69) is 33.8 Å². The number of hydrogen-bond donors (Lipinski definition) is 0. The molecule has 0 aliphatic carbocycles. The van der Waals surface area contributed by atoms with Gasteiger partial charge >= 0.3 is 0 Å². The first-order chi connectivity index (χ1) is 9.47. The molecule has 2 rings (SSSR count). The van der Waals surface area contributed by atoms with Gasteiger partial charge in [0.05, 0.1) is 0 Å². The highest BCUT2D eigenvalue weighted by Gasteiger charge is 2.05. The molecule has 0 amide bonds. The molecule has 1 aromatic heterocycles. The molecule has 0 aliphatic rings. The average Bonchev–Trinajstić information content (AvgIpc) is 2.74. The van der Waals surface area contributed by atoms with Crippen LogP contribution in [0.2, 0.25) is 0 Å². The minimum Gasteiger partial charge on any atom is -0.289 e. The zero-order valence-corrected chi connectivity index (χ0v) is 13.3. The Labute approximate surface area is 125 Å². The van der Waals surface area contributed by atoms with Crippen molar-refractivity contribution in [3.8, 4) is 0 Å². The van der Waals surface area contributed by atoms with E-state index in [1.807, 2.05) is 30.3 Å². The summed E-state index contributed by atoms with van der Waals surface area (Å²) in [5.41, 5.74) is 3.14. The highest BCUT2D eigenvalue weighted by molar-refractivity contribution is 7.12. The number of benzene rings is 1. The SMILES string of the molecule is Cc1cc(C=CC(=O)c2ccc(C(C)C)cc2)c(C)s1. The molecular formula is C18H20OS. The summed E-state index contributed by atoms with van der Waals surface area (Å²) in [7, 11) is 0. The van der Waals surface area contributed by atoms with Crippen molar-refractivity contribution in [2.45, 2.75) is 33.6 Å². The highest BCUT2D eigenvalue weighted by Crippen LogP contribution is 2.22. The van der Waals surface area contributed by atoms with Gasteiger partial charge in [0.25, 0.3) is 0 Å². The van der Waals surface area contributed by atoms with Crippen LogP contribution in [0.1, 0.15) is 51.0 Å². The van der Waals surface area contributed by atoms with Crippen LogP contribution in [0.3, 0.4) is 0 Å². The summed E-state index contributed by atoms with van der Waals surface area (Å²) < 4.78 is 0. The average molecular weight is 284 g/mol. The van der Waals surface area contributed by atoms with Crippen molar-refractivity contribution in [1.82, 2.24) is 0 Å². The minimum absolute atomic E-state index is 0.0589. The Morgan fingerprint density at radius 3 is 2.30 bits per heavy atom. The molecule has 1 heterocycles. The molecule has 0 atom stereocenters. The number of rotatable bonds is 4. The fourth-order valence-corrected chi connectivity index (χ4v) is 3.02. The van der Waals surface area contributed by atoms with Crippen molar-refractivity contribution >= 4 is 23.2 Å². The van der Waals surface area contributed by atoms with Crippen LogP contribution in [-0.4, -0.2) is 5.78 Å². The van der Waals surface area contributed by atoms with E-state index in [9.17, 15) is 4.79 Å². The molecule has 0 fully saturated rings. The van der Waals surface area contributed by atoms with Crippen molar-refractivity contribution < 1.29 is 4.79 Å². The van der Waals surface area contributed by atoms with E-state index < -0.39 is 0 Å². The fraction of sp³-hybridized carbons (Fsp3) is 0.278. The maximum Gasteiger partial charge on any atom is 0.185 e. The molecule has 0 N–H and O–H groups in total. The lowest BCUT2D eigenvalue weighted by atomic mass is 10.0. The van der Waals surface area contributed by atoms with Gasteiger partial charge in [0.1, 0.15) is 0 Å². The maximum absolute atomic E-state index is 12.1. The first kappa shape index (κ1) is 14.7. The quantitative estimate of drug-likeness (QED) is 0.544. The Balaban J connectivity index is 2.13. The highest BCUT2D eigenvalue weighted by atomic mass is 32.1. The summed E-state index contributed by atoms with van der Waals surface area (Å²) in [4.78, 5) is 14.7.